The van der Waals surface area contributed by atoms with Crippen molar-refractivity contribution < 1.29 is 19.1 Å². The molecular formula is C18H15NO4S. The van der Waals surface area contributed by atoms with Gasteiger partial charge in [0.25, 0.3) is 0 Å². The molecule has 122 valence electrons. The minimum Gasteiger partial charge on any atom is -0.465 e. The standard InChI is InChI=1S/C18H15NO4S/c1-11-9-14(19-17(21)16(20)10-24-19)7-8-15(11)12-3-5-13(6-4-12)18(22)23-2/h3-9H,10H2,1-2H3. The zero-order chi connectivity index (χ0) is 17.3. The molecule has 0 bridgehead atoms. The van der Waals surface area contributed by atoms with Crippen molar-refractivity contribution in [3.8, 4) is 11.1 Å². The van der Waals surface area contributed by atoms with E-state index < -0.39 is 5.91 Å². The molecule has 0 atom stereocenters. The van der Waals surface area contributed by atoms with Crippen molar-refractivity contribution in [1.82, 2.24) is 0 Å². The Balaban J connectivity index is 1.89. The van der Waals surface area contributed by atoms with Gasteiger partial charge in [-0.05, 0) is 59.8 Å². The summed E-state index contributed by atoms with van der Waals surface area (Å²) >= 11 is 1.21. The topological polar surface area (TPSA) is 63.7 Å². The molecule has 2 aromatic rings. The first-order valence-electron chi connectivity index (χ1n) is 7.31. The van der Waals surface area contributed by atoms with Gasteiger partial charge in [0.1, 0.15) is 0 Å². The molecule has 3 rings (SSSR count). The van der Waals surface area contributed by atoms with Crippen molar-refractivity contribution in [2.75, 3.05) is 17.2 Å². The lowest BCUT2D eigenvalue weighted by atomic mass is 9.99. The summed E-state index contributed by atoms with van der Waals surface area (Å²) in [7, 11) is 1.35. The van der Waals surface area contributed by atoms with Gasteiger partial charge in [0.05, 0.1) is 24.1 Å². The highest BCUT2D eigenvalue weighted by Crippen LogP contribution is 2.32. The van der Waals surface area contributed by atoms with Crippen LogP contribution in [-0.4, -0.2) is 30.5 Å². The third-order valence-corrected chi connectivity index (χ3v) is 4.84. The van der Waals surface area contributed by atoms with Crippen LogP contribution in [0.25, 0.3) is 11.1 Å². The molecule has 0 radical (unpaired) electrons. The second-order valence-corrected chi connectivity index (χ2v) is 6.28. The second-order valence-electron chi connectivity index (χ2n) is 5.36. The molecule has 2 aromatic carbocycles. The fourth-order valence-electron chi connectivity index (χ4n) is 2.55. The van der Waals surface area contributed by atoms with Crippen LogP contribution in [0.2, 0.25) is 0 Å². The molecule has 1 amide bonds. The van der Waals surface area contributed by atoms with E-state index in [4.69, 9.17) is 4.74 Å². The van der Waals surface area contributed by atoms with Crippen LogP contribution in [0.1, 0.15) is 15.9 Å². The van der Waals surface area contributed by atoms with Crippen LogP contribution in [0.15, 0.2) is 42.5 Å². The highest BCUT2D eigenvalue weighted by atomic mass is 32.2. The van der Waals surface area contributed by atoms with E-state index in [9.17, 15) is 14.4 Å². The normalized spacial score (nSPS) is 14.2. The Morgan fingerprint density at radius 1 is 1.12 bits per heavy atom. The summed E-state index contributed by atoms with van der Waals surface area (Å²) in [6.07, 6.45) is 0. The lowest BCUT2D eigenvalue weighted by Gasteiger charge is -2.15. The first kappa shape index (κ1) is 16.3. The van der Waals surface area contributed by atoms with Crippen LogP contribution >= 0.6 is 11.9 Å². The number of amides is 1. The number of hydrogen-bond acceptors (Lipinski definition) is 5. The van der Waals surface area contributed by atoms with Gasteiger partial charge in [-0.15, -0.1) is 0 Å². The van der Waals surface area contributed by atoms with E-state index in [0.29, 0.717) is 11.3 Å². The number of anilines is 1. The number of benzene rings is 2. The summed E-state index contributed by atoms with van der Waals surface area (Å²) in [6.45, 7) is 1.94. The summed E-state index contributed by atoms with van der Waals surface area (Å²) in [5, 5.41) is 0. The number of ether oxygens (including phenoxy) is 1. The molecule has 0 aromatic heterocycles. The van der Waals surface area contributed by atoms with Crippen molar-refractivity contribution >= 4 is 35.3 Å². The number of nitrogens with zero attached hydrogens (tertiary/aromatic N) is 1. The molecule has 6 heteroatoms. The summed E-state index contributed by atoms with van der Waals surface area (Å²) in [6, 6.07) is 12.8. The number of aryl methyl sites for hydroxylation is 1. The quantitative estimate of drug-likeness (QED) is 0.488. The molecule has 0 unspecified atom stereocenters. The van der Waals surface area contributed by atoms with Gasteiger partial charge in [-0.3, -0.25) is 9.59 Å². The zero-order valence-electron chi connectivity index (χ0n) is 13.2. The Bertz CT molecular complexity index is 829. The Kier molecular flexibility index (Phi) is 4.40. The largest absolute Gasteiger partial charge is 0.465 e. The van der Waals surface area contributed by atoms with E-state index in [1.54, 1.807) is 12.1 Å². The number of esters is 1. The molecular weight excluding hydrogens is 326 g/mol. The molecule has 5 nitrogen and oxygen atoms in total. The molecule has 24 heavy (non-hydrogen) atoms. The molecule has 0 spiro atoms. The molecule has 0 aliphatic carbocycles. The summed E-state index contributed by atoms with van der Waals surface area (Å²) in [5.74, 6) is -1.04. The second kappa shape index (κ2) is 6.49. The Labute approximate surface area is 143 Å². The summed E-state index contributed by atoms with van der Waals surface area (Å²) in [4.78, 5) is 34.7. The van der Waals surface area contributed by atoms with Crippen LogP contribution in [0.3, 0.4) is 0 Å². The Morgan fingerprint density at radius 3 is 2.38 bits per heavy atom. The minimum atomic E-state index is -0.477. The number of rotatable bonds is 3. The minimum absolute atomic E-state index is 0.189. The van der Waals surface area contributed by atoms with Crippen LogP contribution in [-0.2, 0) is 14.3 Å². The third kappa shape index (κ3) is 2.92. The number of Topliss-reactive ketones (excluding diaryl/α,β-unsaturated/α-hetero) is 1. The van der Waals surface area contributed by atoms with Crippen molar-refractivity contribution in [1.29, 1.82) is 0 Å². The number of methoxy groups -OCH3 is 1. The highest BCUT2D eigenvalue weighted by molar-refractivity contribution is 8.03. The van der Waals surface area contributed by atoms with Crippen molar-refractivity contribution in [2.24, 2.45) is 0 Å². The molecule has 1 fully saturated rings. The lowest BCUT2D eigenvalue weighted by Crippen LogP contribution is -2.23. The maximum atomic E-state index is 11.8. The van der Waals surface area contributed by atoms with Crippen LogP contribution in [0.4, 0.5) is 5.69 Å². The molecule has 1 saturated heterocycles. The van der Waals surface area contributed by atoms with E-state index in [1.165, 1.54) is 23.4 Å². The number of carbonyl (C=O) groups is 3. The van der Waals surface area contributed by atoms with Crippen molar-refractivity contribution in [2.45, 2.75) is 6.92 Å². The number of carbonyl (C=O) groups excluding carboxylic acids is 3. The average molecular weight is 341 g/mol. The predicted octanol–water partition coefficient (Wildman–Crippen LogP) is 3.01. The average Bonchev–Trinajstić information content (AvgIpc) is 2.93. The summed E-state index contributed by atoms with van der Waals surface area (Å²) in [5.41, 5.74) is 4.13. The highest BCUT2D eigenvalue weighted by Gasteiger charge is 2.31. The maximum absolute atomic E-state index is 11.8. The molecule has 0 N–H and O–H groups in total. The predicted molar refractivity (Wildman–Crippen MR) is 92.9 cm³/mol. The Morgan fingerprint density at radius 2 is 1.83 bits per heavy atom. The van der Waals surface area contributed by atoms with Crippen molar-refractivity contribution in [3.63, 3.8) is 0 Å². The zero-order valence-corrected chi connectivity index (χ0v) is 14.1. The van der Waals surface area contributed by atoms with Gasteiger partial charge in [-0.2, -0.15) is 0 Å². The van der Waals surface area contributed by atoms with Gasteiger partial charge in [0.2, 0.25) is 5.78 Å². The third-order valence-electron chi connectivity index (χ3n) is 3.81. The molecule has 1 aliphatic rings. The lowest BCUT2D eigenvalue weighted by molar-refractivity contribution is -0.133. The fourth-order valence-corrected chi connectivity index (χ4v) is 3.40. The number of ketones is 1. The van der Waals surface area contributed by atoms with Crippen molar-refractivity contribution in [3.05, 3.63) is 53.6 Å². The Hall–Kier alpha value is -2.60. The van der Waals surface area contributed by atoms with Crippen LogP contribution in [0.5, 0.6) is 0 Å². The number of hydrogen-bond donors (Lipinski definition) is 0. The van der Waals surface area contributed by atoms with E-state index >= 15 is 0 Å². The maximum Gasteiger partial charge on any atom is 0.337 e. The van der Waals surface area contributed by atoms with Crippen LogP contribution in [0, 0.1) is 6.92 Å². The van der Waals surface area contributed by atoms with Gasteiger partial charge in [-0.1, -0.05) is 18.2 Å². The monoisotopic (exact) mass is 341 g/mol. The molecule has 1 heterocycles. The van der Waals surface area contributed by atoms with Gasteiger partial charge in [0, 0.05) is 0 Å². The smallest absolute Gasteiger partial charge is 0.337 e. The van der Waals surface area contributed by atoms with Gasteiger partial charge < -0.3 is 4.74 Å². The first-order valence-corrected chi connectivity index (χ1v) is 8.25. The molecule has 0 saturated carbocycles. The van der Waals surface area contributed by atoms with Gasteiger partial charge in [-0.25, -0.2) is 9.10 Å². The van der Waals surface area contributed by atoms with E-state index in [0.717, 1.165) is 16.7 Å². The first-order chi connectivity index (χ1) is 11.5. The fraction of sp³-hybridized carbons (Fsp3) is 0.167. The van der Waals surface area contributed by atoms with E-state index in [1.807, 2.05) is 37.3 Å². The van der Waals surface area contributed by atoms with Gasteiger partial charge >= 0.3 is 11.9 Å². The van der Waals surface area contributed by atoms with E-state index in [2.05, 4.69) is 0 Å². The van der Waals surface area contributed by atoms with Gasteiger partial charge in [0.15, 0.2) is 0 Å². The SMILES string of the molecule is COC(=O)c1ccc(-c2ccc(N3SCC(=O)C3=O)cc2C)cc1. The summed E-state index contributed by atoms with van der Waals surface area (Å²) < 4.78 is 6.12. The molecule has 1 aliphatic heterocycles. The van der Waals surface area contributed by atoms with Crippen LogP contribution < -0.4 is 4.31 Å². The van der Waals surface area contributed by atoms with E-state index in [-0.39, 0.29) is 17.5 Å².